The smallest absolute Gasteiger partial charge is 0.462 e. The van der Waals surface area contributed by atoms with Crippen molar-refractivity contribution in [3.8, 4) is 5.75 Å². The first kappa shape index (κ1) is 17.0. The van der Waals surface area contributed by atoms with Gasteiger partial charge in [-0.25, -0.2) is 4.79 Å². The Hall–Kier alpha value is -2.36. The van der Waals surface area contributed by atoms with E-state index in [1.54, 1.807) is 6.92 Å². The van der Waals surface area contributed by atoms with Crippen molar-refractivity contribution in [1.82, 2.24) is 4.98 Å². The van der Waals surface area contributed by atoms with Gasteiger partial charge >= 0.3 is 21.6 Å². The zero-order chi connectivity index (χ0) is 17.3. The first-order valence-corrected chi connectivity index (χ1v) is 7.62. The third-order valence-electron chi connectivity index (χ3n) is 2.66. The van der Waals surface area contributed by atoms with E-state index < -0.39 is 27.3 Å². The van der Waals surface area contributed by atoms with Crippen molar-refractivity contribution in [2.24, 2.45) is 0 Å². The van der Waals surface area contributed by atoms with Crippen molar-refractivity contribution in [2.45, 2.75) is 12.4 Å². The summed E-state index contributed by atoms with van der Waals surface area (Å²) in [6.45, 7) is 1.82. The second-order valence-corrected chi connectivity index (χ2v) is 5.82. The van der Waals surface area contributed by atoms with E-state index in [0.717, 1.165) is 12.1 Å². The number of esters is 1. The van der Waals surface area contributed by atoms with E-state index in [2.05, 4.69) is 9.17 Å². The molecule has 1 aromatic heterocycles. The second-order valence-electron chi connectivity index (χ2n) is 4.28. The summed E-state index contributed by atoms with van der Waals surface area (Å²) in [6.07, 6.45) is 1.17. The predicted octanol–water partition coefficient (Wildman–Crippen LogP) is 2.64. The summed E-state index contributed by atoms with van der Waals surface area (Å²) in [5.74, 6) is -1.13. The van der Waals surface area contributed by atoms with Gasteiger partial charge in [0.05, 0.1) is 17.7 Å². The summed E-state index contributed by atoms with van der Waals surface area (Å²) in [7, 11) is -5.75. The molecule has 6 nitrogen and oxygen atoms in total. The standard InChI is InChI=1S/C13H10F3NO5S/c1-2-21-12(18)9-5-8-3-4-10(6-11(8)17-7-9)22-23(19,20)13(14,15)16/h3-7H,2H2,1H3. The molecular formula is C13H10F3NO5S. The van der Waals surface area contributed by atoms with Gasteiger partial charge < -0.3 is 8.92 Å². The van der Waals surface area contributed by atoms with Gasteiger partial charge in [0.2, 0.25) is 0 Å². The Balaban J connectivity index is 2.34. The average Bonchev–Trinajstić information content (AvgIpc) is 2.45. The van der Waals surface area contributed by atoms with Crippen LogP contribution in [0.15, 0.2) is 30.5 Å². The van der Waals surface area contributed by atoms with E-state index in [4.69, 9.17) is 4.74 Å². The fourth-order valence-corrected chi connectivity index (χ4v) is 2.10. The topological polar surface area (TPSA) is 82.6 Å². The fourth-order valence-electron chi connectivity index (χ4n) is 1.65. The van der Waals surface area contributed by atoms with Crippen LogP contribution in [0.3, 0.4) is 0 Å². The van der Waals surface area contributed by atoms with Crippen LogP contribution in [0.2, 0.25) is 0 Å². The molecule has 2 aromatic rings. The molecule has 10 heteroatoms. The molecule has 0 N–H and O–H groups in total. The Morgan fingerprint density at radius 1 is 1.26 bits per heavy atom. The van der Waals surface area contributed by atoms with Crippen LogP contribution >= 0.6 is 0 Å². The van der Waals surface area contributed by atoms with Crippen molar-refractivity contribution in [3.05, 3.63) is 36.0 Å². The maximum absolute atomic E-state index is 12.3. The van der Waals surface area contributed by atoms with E-state index in [1.807, 2.05) is 0 Å². The first-order valence-electron chi connectivity index (χ1n) is 6.22. The number of hydrogen-bond donors (Lipinski definition) is 0. The molecule has 23 heavy (non-hydrogen) atoms. The summed E-state index contributed by atoms with van der Waals surface area (Å²) < 4.78 is 67.5. The van der Waals surface area contributed by atoms with Crippen molar-refractivity contribution >= 4 is 27.0 Å². The number of nitrogens with zero attached hydrogens (tertiary/aromatic N) is 1. The minimum Gasteiger partial charge on any atom is -0.462 e. The van der Waals surface area contributed by atoms with Crippen molar-refractivity contribution in [3.63, 3.8) is 0 Å². The largest absolute Gasteiger partial charge is 0.534 e. The molecule has 0 saturated heterocycles. The number of alkyl halides is 3. The Kier molecular flexibility index (Phi) is 4.46. The average molecular weight is 349 g/mol. The van der Waals surface area contributed by atoms with Crippen LogP contribution in [0, 0.1) is 0 Å². The van der Waals surface area contributed by atoms with Gasteiger partial charge in [0.1, 0.15) is 5.75 Å². The number of aromatic nitrogens is 1. The van der Waals surface area contributed by atoms with E-state index in [1.165, 1.54) is 18.3 Å². The van der Waals surface area contributed by atoms with Crippen LogP contribution in [0.4, 0.5) is 13.2 Å². The van der Waals surface area contributed by atoms with Crippen molar-refractivity contribution in [1.29, 1.82) is 0 Å². The van der Waals surface area contributed by atoms with Gasteiger partial charge in [-0.1, -0.05) is 0 Å². The minimum absolute atomic E-state index is 0.160. The molecule has 0 aliphatic rings. The summed E-state index contributed by atoms with van der Waals surface area (Å²) in [4.78, 5) is 15.4. The van der Waals surface area contributed by atoms with E-state index >= 15 is 0 Å². The summed E-state index contributed by atoms with van der Waals surface area (Å²) in [6, 6.07) is 4.75. The molecule has 0 saturated carbocycles. The number of fused-ring (bicyclic) bond motifs is 1. The number of carbonyl (C=O) groups is 1. The van der Waals surface area contributed by atoms with Crippen LogP contribution in [0.25, 0.3) is 10.9 Å². The Bertz CT molecular complexity index is 848. The van der Waals surface area contributed by atoms with E-state index in [0.29, 0.717) is 5.39 Å². The molecular weight excluding hydrogens is 339 g/mol. The highest BCUT2D eigenvalue weighted by molar-refractivity contribution is 7.88. The molecule has 0 spiro atoms. The molecule has 0 fully saturated rings. The minimum atomic E-state index is -5.75. The number of benzene rings is 1. The van der Waals surface area contributed by atoms with Gasteiger partial charge in [0.25, 0.3) is 0 Å². The van der Waals surface area contributed by atoms with Crippen LogP contribution in [-0.4, -0.2) is 31.5 Å². The molecule has 0 aliphatic heterocycles. The molecule has 2 rings (SSSR count). The van der Waals surface area contributed by atoms with Gasteiger partial charge in [-0.2, -0.15) is 21.6 Å². The monoisotopic (exact) mass is 349 g/mol. The van der Waals surface area contributed by atoms with Crippen LogP contribution in [-0.2, 0) is 14.9 Å². The van der Waals surface area contributed by atoms with E-state index in [9.17, 15) is 26.4 Å². The number of hydrogen-bond acceptors (Lipinski definition) is 6. The third-order valence-corrected chi connectivity index (χ3v) is 3.63. The number of rotatable bonds is 4. The van der Waals surface area contributed by atoms with Crippen molar-refractivity contribution in [2.75, 3.05) is 6.61 Å². The predicted molar refractivity (Wildman–Crippen MR) is 73.3 cm³/mol. The zero-order valence-corrected chi connectivity index (χ0v) is 12.4. The number of halogens is 3. The third kappa shape index (κ3) is 3.70. The molecule has 0 bridgehead atoms. The number of carbonyl (C=O) groups excluding carboxylic acids is 1. The molecule has 0 atom stereocenters. The van der Waals surface area contributed by atoms with Gasteiger partial charge in [0.15, 0.2) is 0 Å². The fraction of sp³-hybridized carbons (Fsp3) is 0.231. The lowest BCUT2D eigenvalue weighted by atomic mass is 10.1. The first-order chi connectivity index (χ1) is 10.6. The molecule has 0 radical (unpaired) electrons. The highest BCUT2D eigenvalue weighted by Crippen LogP contribution is 2.28. The highest BCUT2D eigenvalue weighted by atomic mass is 32.2. The van der Waals surface area contributed by atoms with Crippen molar-refractivity contribution < 1.29 is 35.3 Å². The lowest BCUT2D eigenvalue weighted by molar-refractivity contribution is -0.0500. The van der Waals surface area contributed by atoms with Gasteiger partial charge in [-0.3, -0.25) is 4.98 Å². The molecule has 124 valence electrons. The Morgan fingerprint density at radius 3 is 2.57 bits per heavy atom. The summed E-state index contributed by atoms with van der Waals surface area (Å²) in [5.41, 5.74) is -5.20. The lowest BCUT2D eigenvalue weighted by Gasteiger charge is -2.10. The quantitative estimate of drug-likeness (QED) is 0.479. The maximum Gasteiger partial charge on any atom is 0.534 e. The van der Waals surface area contributed by atoms with Crippen LogP contribution < -0.4 is 4.18 Å². The molecule has 1 heterocycles. The Labute approximate surface area is 129 Å². The lowest BCUT2D eigenvalue weighted by Crippen LogP contribution is -2.28. The van der Waals surface area contributed by atoms with Gasteiger partial charge in [-0.15, -0.1) is 0 Å². The molecule has 0 amide bonds. The van der Waals surface area contributed by atoms with Gasteiger partial charge in [-0.05, 0) is 25.1 Å². The van der Waals surface area contributed by atoms with Crippen LogP contribution in [0.5, 0.6) is 5.75 Å². The SMILES string of the molecule is CCOC(=O)c1cnc2cc(OS(=O)(=O)C(F)(F)F)ccc2c1. The highest BCUT2D eigenvalue weighted by Gasteiger charge is 2.48. The number of pyridine rings is 1. The Morgan fingerprint density at radius 2 is 1.96 bits per heavy atom. The normalized spacial score (nSPS) is 12.2. The maximum atomic E-state index is 12.3. The van der Waals surface area contributed by atoms with E-state index in [-0.39, 0.29) is 17.7 Å². The van der Waals surface area contributed by atoms with Gasteiger partial charge in [0, 0.05) is 17.6 Å². The summed E-state index contributed by atoms with van der Waals surface area (Å²) >= 11 is 0. The number of ether oxygens (including phenoxy) is 1. The van der Waals surface area contributed by atoms with Crippen LogP contribution in [0.1, 0.15) is 17.3 Å². The molecule has 0 aliphatic carbocycles. The zero-order valence-electron chi connectivity index (χ0n) is 11.6. The second kappa shape index (κ2) is 6.03. The molecule has 0 unspecified atom stereocenters. The molecule has 1 aromatic carbocycles. The summed E-state index contributed by atoms with van der Waals surface area (Å²) in [5, 5.41) is 0.410.